The Labute approximate surface area is 115 Å². The van der Waals surface area contributed by atoms with Crippen LogP contribution in [0.4, 0.5) is 0 Å². The largest absolute Gasteiger partial charge is 0.388 e. The van der Waals surface area contributed by atoms with Crippen molar-refractivity contribution in [1.82, 2.24) is 4.90 Å². The first-order valence-electron chi connectivity index (χ1n) is 7.01. The summed E-state index contributed by atoms with van der Waals surface area (Å²) in [5.41, 5.74) is 1.20. The first-order chi connectivity index (χ1) is 8.89. The molecular weight excluding hydrogens is 238 g/mol. The zero-order valence-corrected chi connectivity index (χ0v) is 12.0. The van der Waals surface area contributed by atoms with Crippen LogP contribution in [0.1, 0.15) is 55.5 Å². The molecule has 1 N–H and O–H groups in total. The van der Waals surface area contributed by atoms with Crippen molar-refractivity contribution >= 4 is 5.91 Å². The van der Waals surface area contributed by atoms with Gasteiger partial charge in [0.05, 0.1) is 5.60 Å². The van der Waals surface area contributed by atoms with Crippen LogP contribution < -0.4 is 0 Å². The molecule has 1 unspecified atom stereocenters. The lowest BCUT2D eigenvalue weighted by Gasteiger charge is -2.36. The quantitative estimate of drug-likeness (QED) is 0.889. The van der Waals surface area contributed by atoms with E-state index in [2.05, 4.69) is 13.8 Å². The first kappa shape index (κ1) is 14.1. The molecule has 0 aliphatic carbocycles. The number of amides is 1. The van der Waals surface area contributed by atoms with E-state index in [0.717, 1.165) is 19.4 Å². The molecule has 3 heteroatoms. The van der Waals surface area contributed by atoms with Gasteiger partial charge in [0.1, 0.15) is 0 Å². The molecule has 3 nitrogen and oxygen atoms in total. The van der Waals surface area contributed by atoms with Crippen molar-refractivity contribution in [3.8, 4) is 0 Å². The highest BCUT2D eigenvalue weighted by Crippen LogP contribution is 2.22. The topological polar surface area (TPSA) is 40.5 Å². The van der Waals surface area contributed by atoms with Crippen molar-refractivity contribution in [1.29, 1.82) is 0 Å². The molecule has 0 aromatic heterocycles. The summed E-state index contributed by atoms with van der Waals surface area (Å²) in [6.45, 7) is 7.24. The highest BCUT2D eigenvalue weighted by atomic mass is 16.3. The molecule has 19 heavy (non-hydrogen) atoms. The van der Waals surface area contributed by atoms with E-state index in [4.69, 9.17) is 0 Å². The summed E-state index contributed by atoms with van der Waals surface area (Å²) in [5, 5.41) is 10.1. The van der Waals surface area contributed by atoms with Crippen LogP contribution in [0.2, 0.25) is 0 Å². The number of nitrogens with zero attached hydrogens (tertiary/aromatic N) is 1. The van der Waals surface area contributed by atoms with Gasteiger partial charge < -0.3 is 10.0 Å². The van der Waals surface area contributed by atoms with Crippen LogP contribution in [0.3, 0.4) is 0 Å². The van der Waals surface area contributed by atoms with Gasteiger partial charge >= 0.3 is 0 Å². The maximum absolute atomic E-state index is 12.4. The van der Waals surface area contributed by atoms with E-state index in [0.29, 0.717) is 18.0 Å². The third-order valence-corrected chi connectivity index (χ3v) is 3.79. The third-order valence-electron chi connectivity index (χ3n) is 3.79. The highest BCUT2D eigenvalue weighted by molar-refractivity contribution is 5.94. The zero-order valence-electron chi connectivity index (χ0n) is 12.0. The van der Waals surface area contributed by atoms with Crippen LogP contribution in [-0.4, -0.2) is 34.6 Å². The number of hydrogen-bond acceptors (Lipinski definition) is 2. The van der Waals surface area contributed by atoms with E-state index in [1.54, 1.807) is 11.8 Å². The fourth-order valence-electron chi connectivity index (χ4n) is 2.59. The summed E-state index contributed by atoms with van der Waals surface area (Å²) in [4.78, 5) is 14.1. The molecule has 1 aromatic rings. The van der Waals surface area contributed by atoms with E-state index >= 15 is 0 Å². The van der Waals surface area contributed by atoms with Gasteiger partial charge in [-0.25, -0.2) is 0 Å². The van der Waals surface area contributed by atoms with Gasteiger partial charge in [-0.2, -0.15) is 0 Å². The fourth-order valence-corrected chi connectivity index (χ4v) is 2.59. The molecule has 1 aliphatic rings. The van der Waals surface area contributed by atoms with Crippen molar-refractivity contribution < 1.29 is 9.90 Å². The van der Waals surface area contributed by atoms with Gasteiger partial charge in [-0.05, 0) is 43.4 Å². The van der Waals surface area contributed by atoms with Crippen LogP contribution >= 0.6 is 0 Å². The summed E-state index contributed by atoms with van der Waals surface area (Å²) in [7, 11) is 0. The van der Waals surface area contributed by atoms with Gasteiger partial charge in [0.2, 0.25) is 0 Å². The lowest BCUT2D eigenvalue weighted by molar-refractivity contribution is -0.0107. The molecule has 2 rings (SSSR count). The van der Waals surface area contributed by atoms with Gasteiger partial charge in [-0.1, -0.05) is 26.0 Å². The summed E-state index contributed by atoms with van der Waals surface area (Å²) in [5.74, 6) is 0.496. The Kier molecular flexibility index (Phi) is 3.95. The fraction of sp³-hybridized carbons (Fsp3) is 0.562. The van der Waals surface area contributed by atoms with Crippen LogP contribution in [-0.2, 0) is 0 Å². The monoisotopic (exact) mass is 261 g/mol. The van der Waals surface area contributed by atoms with Gasteiger partial charge in [0, 0.05) is 18.7 Å². The number of benzene rings is 1. The van der Waals surface area contributed by atoms with Gasteiger partial charge in [0.15, 0.2) is 0 Å². The summed E-state index contributed by atoms with van der Waals surface area (Å²) in [6, 6.07) is 7.81. The van der Waals surface area contributed by atoms with Crippen molar-refractivity contribution in [3.05, 3.63) is 35.4 Å². The van der Waals surface area contributed by atoms with Crippen LogP contribution in [0.15, 0.2) is 24.3 Å². The Morgan fingerprint density at radius 2 is 1.95 bits per heavy atom. The third kappa shape index (κ3) is 3.35. The lowest BCUT2D eigenvalue weighted by atomic mass is 9.94. The molecule has 104 valence electrons. The Balaban J connectivity index is 2.11. The predicted molar refractivity (Wildman–Crippen MR) is 76.3 cm³/mol. The Morgan fingerprint density at radius 1 is 1.32 bits per heavy atom. The van der Waals surface area contributed by atoms with Crippen molar-refractivity contribution in [2.45, 2.75) is 45.1 Å². The molecule has 0 radical (unpaired) electrons. The Hall–Kier alpha value is -1.35. The SMILES string of the molecule is CC(C)c1ccc(C(=O)N2CCCC(C)(O)C2)cc1. The maximum Gasteiger partial charge on any atom is 0.253 e. The maximum atomic E-state index is 12.4. The molecule has 0 saturated carbocycles. The number of rotatable bonds is 2. The lowest BCUT2D eigenvalue weighted by Crippen LogP contribution is -2.48. The standard InChI is InChI=1S/C16H23NO2/c1-12(2)13-5-7-14(8-6-13)15(18)17-10-4-9-16(3,19)11-17/h5-8,12,19H,4,9-11H2,1-3H3. The van der Waals surface area contributed by atoms with E-state index in [1.165, 1.54) is 5.56 Å². The number of carbonyl (C=O) groups excluding carboxylic acids is 1. The molecule has 1 saturated heterocycles. The van der Waals surface area contributed by atoms with Crippen molar-refractivity contribution in [2.24, 2.45) is 0 Å². The molecule has 1 amide bonds. The van der Waals surface area contributed by atoms with Crippen molar-refractivity contribution in [2.75, 3.05) is 13.1 Å². The number of piperidine rings is 1. The van der Waals surface area contributed by atoms with E-state index < -0.39 is 5.60 Å². The number of aliphatic hydroxyl groups is 1. The van der Waals surface area contributed by atoms with Gasteiger partial charge in [-0.15, -0.1) is 0 Å². The molecule has 1 heterocycles. The molecule has 1 aliphatic heterocycles. The smallest absolute Gasteiger partial charge is 0.253 e. The molecule has 1 aromatic carbocycles. The molecule has 0 bridgehead atoms. The second kappa shape index (κ2) is 5.33. The van der Waals surface area contributed by atoms with Crippen molar-refractivity contribution in [3.63, 3.8) is 0 Å². The zero-order chi connectivity index (χ0) is 14.0. The molecular formula is C16H23NO2. The van der Waals surface area contributed by atoms with E-state index in [1.807, 2.05) is 24.3 Å². The normalized spacial score (nSPS) is 23.7. The summed E-state index contributed by atoms with van der Waals surface area (Å²) in [6.07, 6.45) is 1.63. The van der Waals surface area contributed by atoms with E-state index in [9.17, 15) is 9.90 Å². The molecule has 1 fully saturated rings. The minimum atomic E-state index is -0.744. The molecule has 0 spiro atoms. The Morgan fingerprint density at radius 3 is 2.47 bits per heavy atom. The number of likely N-dealkylation sites (tertiary alicyclic amines) is 1. The average Bonchev–Trinajstić information content (AvgIpc) is 2.37. The Bertz CT molecular complexity index is 448. The summed E-state index contributed by atoms with van der Waals surface area (Å²) < 4.78 is 0. The van der Waals surface area contributed by atoms with Crippen LogP contribution in [0.5, 0.6) is 0 Å². The number of carbonyl (C=O) groups is 1. The second-order valence-electron chi connectivity index (χ2n) is 6.10. The van der Waals surface area contributed by atoms with E-state index in [-0.39, 0.29) is 5.91 Å². The number of β-amino-alcohol motifs (C(OH)–C–C–N with tert-alkyl or cyclic N) is 1. The molecule has 1 atom stereocenters. The average molecular weight is 261 g/mol. The van der Waals surface area contributed by atoms with Gasteiger partial charge in [-0.3, -0.25) is 4.79 Å². The minimum Gasteiger partial charge on any atom is -0.388 e. The first-order valence-corrected chi connectivity index (χ1v) is 7.01. The van der Waals surface area contributed by atoms with Crippen LogP contribution in [0, 0.1) is 0 Å². The number of hydrogen-bond donors (Lipinski definition) is 1. The summed E-state index contributed by atoms with van der Waals surface area (Å²) >= 11 is 0. The highest BCUT2D eigenvalue weighted by Gasteiger charge is 2.31. The second-order valence-corrected chi connectivity index (χ2v) is 6.10. The minimum absolute atomic E-state index is 0.0234. The van der Waals surface area contributed by atoms with Gasteiger partial charge in [0.25, 0.3) is 5.91 Å². The predicted octanol–water partition coefficient (Wildman–Crippen LogP) is 2.80. The van der Waals surface area contributed by atoms with Crippen LogP contribution in [0.25, 0.3) is 0 Å².